The molecule has 0 bridgehead atoms. The number of nitrogens with one attached hydrogen (secondary N) is 1. The molecule has 0 spiro atoms. The maximum atomic E-state index is 11.9. The van der Waals surface area contributed by atoms with Gasteiger partial charge in [0.1, 0.15) is 11.6 Å². The number of primary amides is 1. The Bertz CT molecular complexity index is 1130. The number of nitrogens with two attached hydrogens (primary N) is 1. The van der Waals surface area contributed by atoms with Crippen LogP contribution in [0.4, 0.5) is 4.79 Å². The number of hydrogen-bond acceptors (Lipinski definition) is 4. The summed E-state index contributed by atoms with van der Waals surface area (Å²) in [5.74, 6) is -0.827. The predicted molar refractivity (Wildman–Crippen MR) is 102 cm³/mol. The Labute approximate surface area is 155 Å². The van der Waals surface area contributed by atoms with Gasteiger partial charge in [0.05, 0.1) is 5.52 Å². The molecule has 7 nitrogen and oxygen atoms in total. The molecule has 0 aliphatic carbocycles. The highest BCUT2D eigenvalue weighted by Crippen LogP contribution is 2.25. The number of aryl methyl sites for hydroxylation is 1. The third-order valence-electron chi connectivity index (χ3n) is 4.22. The van der Waals surface area contributed by atoms with Gasteiger partial charge in [-0.1, -0.05) is 6.07 Å². The van der Waals surface area contributed by atoms with Gasteiger partial charge >= 0.3 is 6.03 Å². The van der Waals surface area contributed by atoms with E-state index in [4.69, 9.17) is 5.73 Å². The van der Waals surface area contributed by atoms with E-state index in [9.17, 15) is 14.9 Å². The molecule has 134 valence electrons. The average molecular weight is 359 g/mol. The number of amides is 3. The zero-order chi connectivity index (χ0) is 19.6. The summed E-state index contributed by atoms with van der Waals surface area (Å²) in [6.45, 7) is 3.83. The van der Waals surface area contributed by atoms with Gasteiger partial charge < -0.3 is 10.3 Å². The second kappa shape index (κ2) is 7.14. The highest BCUT2D eigenvalue weighted by Gasteiger charge is 2.15. The predicted octanol–water partition coefficient (Wildman–Crippen LogP) is 2.74. The third kappa shape index (κ3) is 3.55. The van der Waals surface area contributed by atoms with Crippen LogP contribution in [0.2, 0.25) is 0 Å². The summed E-state index contributed by atoms with van der Waals surface area (Å²) in [5.41, 5.74) is 9.10. The number of aromatic nitrogens is 2. The first kappa shape index (κ1) is 17.9. The Morgan fingerprint density at radius 1 is 1.26 bits per heavy atom. The molecular formula is C20H17N5O2. The van der Waals surface area contributed by atoms with Crippen LogP contribution in [0.5, 0.6) is 0 Å². The molecule has 3 aromatic rings. The standard InChI is InChI=1S/C20H17N5O2/c1-12-8-15(9-16(11-21)19(26)24-20(22)27)13(2)25(12)17-5-6-18-14(10-17)4-3-7-23-18/h3-10H,1-2H3,(H3,22,24,26,27)/b16-9-. The lowest BCUT2D eigenvalue weighted by Gasteiger charge is -2.10. The van der Waals surface area contributed by atoms with Crippen LogP contribution < -0.4 is 11.1 Å². The largest absolute Gasteiger partial charge is 0.351 e. The molecule has 0 saturated carbocycles. The number of hydrogen-bond donors (Lipinski definition) is 2. The summed E-state index contributed by atoms with van der Waals surface area (Å²) in [5, 5.41) is 12.1. The zero-order valence-electron chi connectivity index (χ0n) is 14.9. The van der Waals surface area contributed by atoms with Gasteiger partial charge in [-0.25, -0.2) is 4.79 Å². The molecule has 0 saturated heterocycles. The quantitative estimate of drug-likeness (QED) is 0.553. The molecule has 0 aliphatic rings. The second-order valence-corrected chi connectivity index (χ2v) is 6.03. The minimum absolute atomic E-state index is 0.197. The maximum absolute atomic E-state index is 11.9. The Morgan fingerprint density at radius 3 is 2.74 bits per heavy atom. The third-order valence-corrected chi connectivity index (χ3v) is 4.22. The Balaban J connectivity index is 2.06. The van der Waals surface area contributed by atoms with E-state index in [1.54, 1.807) is 12.3 Å². The smallest absolute Gasteiger partial charge is 0.319 e. The summed E-state index contributed by atoms with van der Waals surface area (Å²) < 4.78 is 2.03. The number of urea groups is 1. The van der Waals surface area contributed by atoms with Crippen LogP contribution in [0.15, 0.2) is 48.2 Å². The molecular weight excluding hydrogens is 342 g/mol. The van der Waals surface area contributed by atoms with Crippen LogP contribution in [0.1, 0.15) is 17.0 Å². The van der Waals surface area contributed by atoms with Crippen LogP contribution in [0.3, 0.4) is 0 Å². The number of carbonyl (C=O) groups is 2. The molecule has 27 heavy (non-hydrogen) atoms. The van der Waals surface area contributed by atoms with Crippen molar-refractivity contribution in [1.29, 1.82) is 5.26 Å². The van der Waals surface area contributed by atoms with Gasteiger partial charge in [-0.15, -0.1) is 0 Å². The van der Waals surface area contributed by atoms with E-state index < -0.39 is 11.9 Å². The number of nitriles is 1. The second-order valence-electron chi connectivity index (χ2n) is 6.03. The lowest BCUT2D eigenvalue weighted by Crippen LogP contribution is -2.35. The minimum Gasteiger partial charge on any atom is -0.351 e. The van der Waals surface area contributed by atoms with Gasteiger partial charge in [0.15, 0.2) is 0 Å². The Hall–Kier alpha value is -3.92. The number of fused-ring (bicyclic) bond motifs is 1. The molecule has 7 heteroatoms. The molecule has 0 atom stereocenters. The van der Waals surface area contributed by atoms with Gasteiger partial charge in [0, 0.05) is 28.7 Å². The first-order chi connectivity index (χ1) is 12.9. The number of nitrogens with zero attached hydrogens (tertiary/aromatic N) is 3. The fourth-order valence-corrected chi connectivity index (χ4v) is 3.02. The number of benzene rings is 1. The van der Waals surface area contributed by atoms with Gasteiger partial charge in [0.2, 0.25) is 0 Å². The van der Waals surface area contributed by atoms with E-state index in [0.717, 1.165) is 28.0 Å². The van der Waals surface area contributed by atoms with Crippen molar-refractivity contribution in [3.63, 3.8) is 0 Å². The average Bonchev–Trinajstić information content (AvgIpc) is 2.92. The van der Waals surface area contributed by atoms with E-state index >= 15 is 0 Å². The normalized spacial score (nSPS) is 11.2. The molecule has 2 heterocycles. The lowest BCUT2D eigenvalue weighted by molar-refractivity contribution is -0.115. The van der Waals surface area contributed by atoms with Crippen molar-refractivity contribution in [3.8, 4) is 11.8 Å². The van der Waals surface area contributed by atoms with Crippen molar-refractivity contribution in [2.24, 2.45) is 5.73 Å². The van der Waals surface area contributed by atoms with Crippen LogP contribution in [-0.2, 0) is 4.79 Å². The molecule has 0 aliphatic heterocycles. The van der Waals surface area contributed by atoms with E-state index in [2.05, 4.69) is 4.98 Å². The number of rotatable bonds is 3. The van der Waals surface area contributed by atoms with Crippen LogP contribution in [0, 0.1) is 25.2 Å². The first-order valence-electron chi connectivity index (χ1n) is 8.17. The van der Waals surface area contributed by atoms with Crippen molar-refractivity contribution in [2.75, 3.05) is 0 Å². The van der Waals surface area contributed by atoms with Crippen LogP contribution in [0.25, 0.3) is 22.7 Å². The molecule has 3 rings (SSSR count). The van der Waals surface area contributed by atoms with Crippen molar-refractivity contribution in [3.05, 3.63) is 65.1 Å². The molecule has 0 radical (unpaired) electrons. The van der Waals surface area contributed by atoms with Gasteiger partial charge in [-0.2, -0.15) is 5.26 Å². The molecule has 1 aromatic carbocycles. The first-order valence-corrected chi connectivity index (χ1v) is 8.17. The number of pyridine rings is 1. The summed E-state index contributed by atoms with van der Waals surface area (Å²) in [6, 6.07) is 12.5. The van der Waals surface area contributed by atoms with Gasteiger partial charge in [-0.05, 0) is 55.8 Å². The van der Waals surface area contributed by atoms with E-state index in [1.165, 1.54) is 6.08 Å². The molecule has 0 unspecified atom stereocenters. The van der Waals surface area contributed by atoms with Gasteiger partial charge in [0.25, 0.3) is 5.91 Å². The monoisotopic (exact) mass is 359 g/mol. The Morgan fingerprint density at radius 2 is 2.04 bits per heavy atom. The van der Waals surface area contributed by atoms with Crippen molar-refractivity contribution >= 4 is 28.9 Å². The van der Waals surface area contributed by atoms with Crippen LogP contribution in [-0.4, -0.2) is 21.5 Å². The number of imide groups is 1. The van der Waals surface area contributed by atoms with Crippen molar-refractivity contribution in [2.45, 2.75) is 13.8 Å². The number of carbonyl (C=O) groups excluding carboxylic acids is 2. The van der Waals surface area contributed by atoms with Crippen LogP contribution >= 0.6 is 0 Å². The summed E-state index contributed by atoms with van der Waals surface area (Å²) in [7, 11) is 0. The fourth-order valence-electron chi connectivity index (χ4n) is 3.02. The van der Waals surface area contributed by atoms with E-state index in [-0.39, 0.29) is 5.57 Å². The van der Waals surface area contributed by atoms with E-state index in [0.29, 0.717) is 5.56 Å². The molecule has 3 N–H and O–H groups in total. The van der Waals surface area contributed by atoms with E-state index in [1.807, 2.05) is 60.1 Å². The zero-order valence-corrected chi connectivity index (χ0v) is 14.9. The summed E-state index contributed by atoms with van der Waals surface area (Å²) in [6.07, 6.45) is 3.19. The van der Waals surface area contributed by atoms with Crippen molar-refractivity contribution < 1.29 is 9.59 Å². The topological polar surface area (TPSA) is 114 Å². The SMILES string of the molecule is Cc1cc(/C=C(/C#N)C(=O)NC(N)=O)c(C)n1-c1ccc2ncccc2c1. The maximum Gasteiger partial charge on any atom is 0.319 e. The van der Waals surface area contributed by atoms with Crippen molar-refractivity contribution in [1.82, 2.24) is 14.9 Å². The lowest BCUT2D eigenvalue weighted by atomic mass is 10.1. The van der Waals surface area contributed by atoms with Gasteiger partial charge in [-0.3, -0.25) is 15.1 Å². The fraction of sp³-hybridized carbons (Fsp3) is 0.100. The molecule has 0 fully saturated rings. The molecule has 3 amide bonds. The highest BCUT2D eigenvalue weighted by atomic mass is 16.2. The minimum atomic E-state index is -1.00. The highest BCUT2D eigenvalue weighted by molar-refractivity contribution is 6.08. The summed E-state index contributed by atoms with van der Waals surface area (Å²) >= 11 is 0. The Kier molecular flexibility index (Phi) is 4.73. The molecule has 2 aromatic heterocycles. The summed E-state index contributed by atoms with van der Waals surface area (Å²) in [4.78, 5) is 27.1.